The number of nitrogen functional groups attached to an aromatic ring is 1. The summed E-state index contributed by atoms with van der Waals surface area (Å²) >= 11 is 0. The van der Waals surface area contributed by atoms with Gasteiger partial charge in [0.15, 0.2) is 0 Å². The Morgan fingerprint density at radius 2 is 1.75 bits per heavy atom. The maximum absolute atomic E-state index is 5.51. The number of pyridine rings is 1. The Kier molecular flexibility index (Phi) is 2.77. The zero-order valence-electron chi connectivity index (χ0n) is 6.70. The van der Waals surface area contributed by atoms with Crippen LogP contribution < -0.4 is 5.73 Å². The van der Waals surface area contributed by atoms with Crippen molar-refractivity contribution in [1.29, 1.82) is 0 Å². The molecule has 0 aliphatic heterocycles. The molecule has 56 valence electrons. The maximum atomic E-state index is 5.51. The van der Waals surface area contributed by atoms with Crippen LogP contribution in [-0.2, 0) is 19.5 Å². The molecule has 2 nitrogen and oxygen atoms in total. The number of aromatic nitrogens is 1. The van der Waals surface area contributed by atoms with Crippen molar-refractivity contribution in [1.82, 2.24) is 4.98 Å². The van der Waals surface area contributed by atoms with E-state index in [9.17, 15) is 0 Å². The van der Waals surface area contributed by atoms with Crippen LogP contribution in [0.3, 0.4) is 0 Å². The van der Waals surface area contributed by atoms with E-state index in [1.165, 1.54) is 0 Å². The summed E-state index contributed by atoms with van der Waals surface area (Å²) < 4.78 is 0. The van der Waals surface area contributed by atoms with Gasteiger partial charge in [0.1, 0.15) is 5.82 Å². The van der Waals surface area contributed by atoms with Gasteiger partial charge in [-0.15, -0.1) is 0 Å². The fraction of sp³-hybridized carbons (Fsp3) is 0. The molecule has 0 aliphatic carbocycles. The molecule has 0 fully saturated rings. The van der Waals surface area contributed by atoms with Gasteiger partial charge in [-0.3, -0.25) is 0 Å². The molecule has 0 bridgehead atoms. The van der Waals surface area contributed by atoms with Crippen LogP contribution in [0.4, 0.5) is 5.82 Å². The molecule has 0 unspecified atom stereocenters. The first-order valence-electron chi connectivity index (χ1n) is 3.47. The quantitative estimate of drug-likeness (QED) is 0.672. The molecule has 0 atom stereocenters. The Morgan fingerprint density at radius 3 is 2.58 bits per heavy atom. The first-order valence-corrected chi connectivity index (χ1v) is 3.47. The van der Waals surface area contributed by atoms with E-state index in [-0.39, 0.29) is 19.5 Å². The summed E-state index contributed by atoms with van der Waals surface area (Å²) in [6.45, 7) is 0. The van der Waals surface area contributed by atoms with Crippen LogP contribution in [0.1, 0.15) is 0 Å². The molecule has 2 N–H and O–H groups in total. The summed E-state index contributed by atoms with van der Waals surface area (Å²) in [5.74, 6) is 0.573. The normalized spacial score (nSPS) is 9.33. The Balaban J connectivity index is 0.000000720. The van der Waals surface area contributed by atoms with Gasteiger partial charge in [-0.1, -0.05) is 18.2 Å². The monoisotopic (exact) mass is 208 g/mol. The first kappa shape index (κ1) is 9.14. The topological polar surface area (TPSA) is 38.9 Å². The van der Waals surface area contributed by atoms with Crippen LogP contribution in [0.25, 0.3) is 10.9 Å². The maximum Gasteiger partial charge on any atom is 0.124 e. The van der Waals surface area contributed by atoms with E-state index in [4.69, 9.17) is 5.73 Å². The number of fused-ring (bicyclic) bond motifs is 1. The molecule has 0 saturated carbocycles. The van der Waals surface area contributed by atoms with Crippen LogP contribution in [-0.4, -0.2) is 4.98 Å². The molecule has 12 heavy (non-hydrogen) atoms. The smallest absolute Gasteiger partial charge is 0.124 e. The molecule has 2 aromatic rings. The summed E-state index contributed by atoms with van der Waals surface area (Å²) in [6.07, 6.45) is 0. The Bertz CT molecular complexity index is 387. The van der Waals surface area contributed by atoms with Gasteiger partial charge < -0.3 is 5.73 Å². The number of para-hydroxylation sites is 1. The van der Waals surface area contributed by atoms with Crippen LogP contribution in [0.2, 0.25) is 0 Å². The Morgan fingerprint density at radius 1 is 1.00 bits per heavy atom. The molecule has 1 aromatic carbocycles. The van der Waals surface area contributed by atoms with Crippen molar-refractivity contribution in [3.05, 3.63) is 36.4 Å². The molecule has 0 aliphatic rings. The van der Waals surface area contributed by atoms with Crippen molar-refractivity contribution in [3.63, 3.8) is 0 Å². The zero-order chi connectivity index (χ0) is 7.68. The van der Waals surface area contributed by atoms with Gasteiger partial charge in [-0.2, -0.15) is 0 Å². The largest absolute Gasteiger partial charge is 0.384 e. The van der Waals surface area contributed by atoms with Gasteiger partial charge >= 0.3 is 0 Å². The third-order valence-corrected chi connectivity index (χ3v) is 1.62. The molecular weight excluding hydrogens is 202 g/mol. The average Bonchev–Trinajstić information content (AvgIpc) is 2.04. The second kappa shape index (κ2) is 3.64. The van der Waals surface area contributed by atoms with Crippen LogP contribution in [0.15, 0.2) is 36.4 Å². The van der Waals surface area contributed by atoms with Gasteiger partial charge in [-0.25, -0.2) is 4.98 Å². The molecule has 0 radical (unpaired) electrons. The number of benzene rings is 1. The Labute approximate surface area is 83.6 Å². The zero-order valence-corrected chi connectivity index (χ0v) is 9.66. The summed E-state index contributed by atoms with van der Waals surface area (Å²) in [6, 6.07) is 11.7. The minimum absolute atomic E-state index is 0. The summed E-state index contributed by atoms with van der Waals surface area (Å²) in [7, 11) is 0. The number of nitrogens with zero attached hydrogens (tertiary/aromatic N) is 1. The van der Waals surface area contributed by atoms with E-state index < -0.39 is 0 Å². The van der Waals surface area contributed by atoms with E-state index in [0.717, 1.165) is 10.9 Å². The van der Waals surface area contributed by atoms with Gasteiger partial charge in [0.2, 0.25) is 0 Å². The first-order chi connectivity index (χ1) is 5.36. The molecular formula is C9H8N2Zn. The second-order valence-electron chi connectivity index (χ2n) is 2.43. The van der Waals surface area contributed by atoms with E-state index in [0.29, 0.717) is 5.82 Å². The van der Waals surface area contributed by atoms with E-state index in [1.807, 2.05) is 36.4 Å². The molecule has 0 spiro atoms. The molecule has 0 amide bonds. The second-order valence-corrected chi connectivity index (χ2v) is 2.43. The molecule has 2 rings (SSSR count). The van der Waals surface area contributed by atoms with Crippen molar-refractivity contribution in [2.24, 2.45) is 0 Å². The molecule has 1 aromatic heterocycles. The minimum Gasteiger partial charge on any atom is -0.384 e. The predicted octanol–water partition coefficient (Wildman–Crippen LogP) is 1.81. The fourth-order valence-corrected chi connectivity index (χ4v) is 1.08. The van der Waals surface area contributed by atoms with Crippen molar-refractivity contribution in [2.45, 2.75) is 0 Å². The number of hydrogen-bond acceptors (Lipinski definition) is 2. The molecule has 3 heteroatoms. The van der Waals surface area contributed by atoms with E-state index in [1.54, 1.807) is 0 Å². The predicted molar refractivity (Wildman–Crippen MR) is 46.2 cm³/mol. The third kappa shape index (κ3) is 1.62. The van der Waals surface area contributed by atoms with Gasteiger partial charge in [0, 0.05) is 24.9 Å². The third-order valence-electron chi connectivity index (χ3n) is 1.62. The fourth-order valence-electron chi connectivity index (χ4n) is 1.08. The van der Waals surface area contributed by atoms with E-state index >= 15 is 0 Å². The number of hydrogen-bond donors (Lipinski definition) is 1. The summed E-state index contributed by atoms with van der Waals surface area (Å²) in [5, 5.41) is 1.13. The molecule has 0 saturated heterocycles. The van der Waals surface area contributed by atoms with Crippen molar-refractivity contribution < 1.29 is 19.5 Å². The minimum atomic E-state index is 0. The Hall–Kier alpha value is -0.947. The number of nitrogens with two attached hydrogens (primary N) is 1. The van der Waals surface area contributed by atoms with Gasteiger partial charge in [0.25, 0.3) is 0 Å². The molecule has 1 heterocycles. The van der Waals surface area contributed by atoms with Gasteiger partial charge in [-0.05, 0) is 18.2 Å². The standard InChI is InChI=1S/C9H8N2.Zn/c10-9-6-5-7-3-1-2-4-8(7)11-9;/h1-6H,(H2,10,11);. The van der Waals surface area contributed by atoms with Crippen LogP contribution in [0.5, 0.6) is 0 Å². The van der Waals surface area contributed by atoms with Crippen LogP contribution >= 0.6 is 0 Å². The number of anilines is 1. The van der Waals surface area contributed by atoms with Crippen molar-refractivity contribution in [3.8, 4) is 0 Å². The van der Waals surface area contributed by atoms with Crippen molar-refractivity contribution in [2.75, 3.05) is 5.73 Å². The average molecular weight is 210 g/mol. The van der Waals surface area contributed by atoms with Crippen molar-refractivity contribution >= 4 is 16.7 Å². The van der Waals surface area contributed by atoms with Gasteiger partial charge in [0.05, 0.1) is 5.52 Å². The summed E-state index contributed by atoms with van der Waals surface area (Å²) in [5.41, 5.74) is 6.46. The van der Waals surface area contributed by atoms with Crippen LogP contribution in [0, 0.1) is 0 Å². The SMILES string of the molecule is Nc1ccc2ccccc2n1.[Zn]. The number of rotatable bonds is 0. The summed E-state index contributed by atoms with van der Waals surface area (Å²) in [4.78, 5) is 4.15. The van der Waals surface area contributed by atoms with E-state index in [2.05, 4.69) is 4.98 Å².